The van der Waals surface area contributed by atoms with Crippen molar-refractivity contribution in [2.45, 2.75) is 13.3 Å². The topological polar surface area (TPSA) is 47.9 Å². The molecule has 0 saturated heterocycles. The van der Waals surface area contributed by atoms with E-state index in [1.165, 1.54) is 0 Å². The molecular formula is C19H16BrNO3. The highest BCUT2D eigenvalue weighted by atomic mass is 79.9. The number of aliphatic imine (C=N–C) groups is 1. The smallest absolute Gasteiger partial charge is 0.363 e. The molecule has 0 aromatic heterocycles. The van der Waals surface area contributed by atoms with Crippen molar-refractivity contribution < 1.29 is 14.3 Å². The van der Waals surface area contributed by atoms with Crippen LogP contribution < -0.4 is 4.74 Å². The zero-order valence-electron chi connectivity index (χ0n) is 13.2. The predicted octanol–water partition coefficient (Wildman–Crippen LogP) is 4.58. The molecule has 0 amide bonds. The summed E-state index contributed by atoms with van der Waals surface area (Å²) in [5.74, 6) is 0.679. The second kappa shape index (κ2) is 7.45. The fourth-order valence-electron chi connectivity index (χ4n) is 2.19. The molecule has 1 aliphatic rings. The van der Waals surface area contributed by atoms with Gasteiger partial charge in [0, 0.05) is 10.0 Å². The highest BCUT2D eigenvalue weighted by molar-refractivity contribution is 9.10. The summed E-state index contributed by atoms with van der Waals surface area (Å²) in [4.78, 5) is 16.3. The van der Waals surface area contributed by atoms with E-state index >= 15 is 0 Å². The monoisotopic (exact) mass is 385 g/mol. The molecule has 0 spiro atoms. The summed E-state index contributed by atoms with van der Waals surface area (Å²) < 4.78 is 11.7. The molecule has 0 fully saturated rings. The molecular weight excluding hydrogens is 370 g/mol. The SMILES string of the molecule is CCCOc1ccc(/C=C2\N=C(c3cccc(Br)c3)OC2=O)cc1. The fraction of sp³-hybridized carbons (Fsp3) is 0.158. The van der Waals surface area contributed by atoms with E-state index in [1.807, 2.05) is 48.5 Å². The van der Waals surface area contributed by atoms with Crippen LogP contribution in [0.15, 0.2) is 63.7 Å². The van der Waals surface area contributed by atoms with E-state index in [0.29, 0.717) is 12.5 Å². The Hall–Kier alpha value is -2.40. The summed E-state index contributed by atoms with van der Waals surface area (Å²) in [6.07, 6.45) is 2.67. The largest absolute Gasteiger partial charge is 0.494 e. The minimum atomic E-state index is -0.448. The average molecular weight is 386 g/mol. The van der Waals surface area contributed by atoms with Crippen molar-refractivity contribution in [3.05, 3.63) is 69.8 Å². The highest BCUT2D eigenvalue weighted by Gasteiger charge is 2.24. The van der Waals surface area contributed by atoms with Gasteiger partial charge in [-0.3, -0.25) is 0 Å². The molecule has 0 atom stereocenters. The molecule has 2 aromatic rings. The van der Waals surface area contributed by atoms with Gasteiger partial charge in [-0.25, -0.2) is 9.79 Å². The van der Waals surface area contributed by atoms with Gasteiger partial charge in [-0.05, 0) is 48.4 Å². The Morgan fingerprint density at radius 1 is 1.21 bits per heavy atom. The zero-order chi connectivity index (χ0) is 16.9. The quantitative estimate of drug-likeness (QED) is 0.558. The maximum atomic E-state index is 12.0. The molecule has 0 N–H and O–H groups in total. The molecule has 1 heterocycles. The van der Waals surface area contributed by atoms with E-state index in [4.69, 9.17) is 9.47 Å². The Balaban J connectivity index is 1.80. The van der Waals surface area contributed by atoms with Crippen LogP contribution in [0.25, 0.3) is 6.08 Å². The Morgan fingerprint density at radius 2 is 2.00 bits per heavy atom. The van der Waals surface area contributed by atoms with E-state index < -0.39 is 5.97 Å². The number of esters is 1. The first kappa shape index (κ1) is 16.5. The van der Waals surface area contributed by atoms with Crippen molar-refractivity contribution in [2.24, 2.45) is 4.99 Å². The molecule has 0 radical (unpaired) electrons. The molecule has 2 aromatic carbocycles. The number of hydrogen-bond acceptors (Lipinski definition) is 4. The van der Waals surface area contributed by atoms with Gasteiger partial charge in [-0.15, -0.1) is 0 Å². The normalized spacial score (nSPS) is 15.3. The summed E-state index contributed by atoms with van der Waals surface area (Å²) in [5.41, 5.74) is 1.90. The second-order valence-electron chi connectivity index (χ2n) is 5.26. The van der Waals surface area contributed by atoms with Crippen LogP contribution in [0.4, 0.5) is 0 Å². The van der Waals surface area contributed by atoms with E-state index in [0.717, 1.165) is 27.8 Å². The lowest BCUT2D eigenvalue weighted by molar-refractivity contribution is -0.129. The van der Waals surface area contributed by atoms with Gasteiger partial charge in [0.05, 0.1) is 6.61 Å². The lowest BCUT2D eigenvalue weighted by atomic mass is 10.2. The number of carbonyl (C=O) groups excluding carboxylic acids is 1. The summed E-state index contributed by atoms with van der Waals surface area (Å²) in [6.45, 7) is 2.75. The van der Waals surface area contributed by atoms with Crippen LogP contribution >= 0.6 is 15.9 Å². The summed E-state index contributed by atoms with van der Waals surface area (Å²) in [5, 5.41) is 0. The van der Waals surface area contributed by atoms with Crippen LogP contribution in [0.3, 0.4) is 0 Å². The first-order valence-corrected chi connectivity index (χ1v) is 8.46. The number of ether oxygens (including phenoxy) is 2. The Morgan fingerprint density at radius 3 is 2.71 bits per heavy atom. The van der Waals surface area contributed by atoms with Crippen LogP contribution in [0.2, 0.25) is 0 Å². The van der Waals surface area contributed by atoms with E-state index in [-0.39, 0.29) is 5.70 Å². The Bertz CT molecular complexity index is 810. The maximum Gasteiger partial charge on any atom is 0.363 e. The van der Waals surface area contributed by atoms with Gasteiger partial charge >= 0.3 is 5.97 Å². The van der Waals surface area contributed by atoms with Crippen molar-refractivity contribution in [1.29, 1.82) is 0 Å². The second-order valence-corrected chi connectivity index (χ2v) is 6.18. The number of hydrogen-bond donors (Lipinski definition) is 0. The number of nitrogens with zero attached hydrogens (tertiary/aromatic N) is 1. The molecule has 0 saturated carbocycles. The van der Waals surface area contributed by atoms with Crippen LogP contribution in [0, 0.1) is 0 Å². The van der Waals surface area contributed by atoms with Crippen LogP contribution in [-0.2, 0) is 9.53 Å². The van der Waals surface area contributed by atoms with Gasteiger partial charge in [-0.2, -0.15) is 0 Å². The summed E-state index contributed by atoms with van der Waals surface area (Å²) in [7, 11) is 0. The van der Waals surface area contributed by atoms with E-state index in [9.17, 15) is 4.79 Å². The fourth-order valence-corrected chi connectivity index (χ4v) is 2.59. The highest BCUT2D eigenvalue weighted by Crippen LogP contribution is 2.22. The number of rotatable bonds is 5. The van der Waals surface area contributed by atoms with Gasteiger partial charge in [0.2, 0.25) is 5.90 Å². The molecule has 0 aliphatic carbocycles. The number of carbonyl (C=O) groups is 1. The third-order valence-corrected chi connectivity index (χ3v) is 3.84. The van der Waals surface area contributed by atoms with Crippen LogP contribution in [-0.4, -0.2) is 18.5 Å². The van der Waals surface area contributed by atoms with Crippen LogP contribution in [0.1, 0.15) is 24.5 Å². The number of halogens is 1. The minimum absolute atomic E-state index is 0.284. The standard InChI is InChI=1S/C19H16BrNO3/c1-2-10-23-16-8-6-13(7-9-16)11-17-19(22)24-18(21-17)14-4-3-5-15(20)12-14/h3-9,11-12H,2,10H2,1H3/b17-11-. The van der Waals surface area contributed by atoms with Crippen molar-refractivity contribution in [3.63, 3.8) is 0 Å². The first-order valence-electron chi connectivity index (χ1n) is 7.67. The maximum absolute atomic E-state index is 12.0. The summed E-state index contributed by atoms with van der Waals surface area (Å²) in [6, 6.07) is 15.0. The molecule has 5 heteroatoms. The molecule has 4 nitrogen and oxygen atoms in total. The minimum Gasteiger partial charge on any atom is -0.494 e. The molecule has 0 unspecified atom stereocenters. The molecule has 122 valence electrons. The molecule has 1 aliphatic heterocycles. The zero-order valence-corrected chi connectivity index (χ0v) is 14.7. The average Bonchev–Trinajstić information content (AvgIpc) is 2.95. The number of benzene rings is 2. The lowest BCUT2D eigenvalue weighted by Crippen LogP contribution is -2.05. The predicted molar refractivity (Wildman–Crippen MR) is 97.0 cm³/mol. The molecule has 24 heavy (non-hydrogen) atoms. The van der Waals surface area contributed by atoms with Crippen LogP contribution in [0.5, 0.6) is 5.75 Å². The van der Waals surface area contributed by atoms with Gasteiger partial charge in [0.1, 0.15) is 5.75 Å². The Kier molecular flexibility index (Phi) is 5.11. The lowest BCUT2D eigenvalue weighted by Gasteiger charge is -2.04. The van der Waals surface area contributed by atoms with Gasteiger partial charge in [0.15, 0.2) is 5.70 Å². The van der Waals surface area contributed by atoms with E-state index in [1.54, 1.807) is 6.08 Å². The molecule has 3 rings (SSSR count). The van der Waals surface area contributed by atoms with Gasteiger partial charge < -0.3 is 9.47 Å². The first-order chi connectivity index (χ1) is 11.7. The van der Waals surface area contributed by atoms with Gasteiger partial charge in [-0.1, -0.05) is 41.1 Å². The molecule has 0 bridgehead atoms. The van der Waals surface area contributed by atoms with Crippen molar-refractivity contribution in [3.8, 4) is 5.75 Å². The third-order valence-electron chi connectivity index (χ3n) is 3.35. The number of cyclic esters (lactones) is 1. The van der Waals surface area contributed by atoms with E-state index in [2.05, 4.69) is 27.8 Å². The van der Waals surface area contributed by atoms with Crippen molar-refractivity contribution in [1.82, 2.24) is 0 Å². The Labute approximate surface area is 148 Å². The van der Waals surface area contributed by atoms with Gasteiger partial charge in [0.25, 0.3) is 0 Å². The van der Waals surface area contributed by atoms with Crippen molar-refractivity contribution in [2.75, 3.05) is 6.61 Å². The third kappa shape index (κ3) is 3.92. The summed E-state index contributed by atoms with van der Waals surface area (Å²) >= 11 is 3.40. The van der Waals surface area contributed by atoms with Crippen molar-refractivity contribution >= 4 is 33.9 Å².